The van der Waals surface area contributed by atoms with E-state index in [-0.39, 0.29) is 0 Å². The van der Waals surface area contributed by atoms with Gasteiger partial charge in [-0.25, -0.2) is 0 Å². The molecule has 1 saturated carbocycles. The fourth-order valence-corrected chi connectivity index (χ4v) is 4.49. The molecule has 16 heavy (non-hydrogen) atoms. The fraction of sp³-hybridized carbons (Fsp3) is 1.00. The molecule has 0 amide bonds. The van der Waals surface area contributed by atoms with Crippen LogP contribution < -0.4 is 10.2 Å². The lowest BCUT2D eigenvalue weighted by molar-refractivity contribution is -0.931. The van der Waals surface area contributed by atoms with Crippen molar-refractivity contribution in [3.05, 3.63) is 0 Å². The lowest BCUT2D eigenvalue weighted by Gasteiger charge is -2.34. The molecular weight excluding hydrogens is 196 g/mol. The Morgan fingerprint density at radius 3 is 2.06 bits per heavy atom. The molecule has 3 rings (SSSR count). The van der Waals surface area contributed by atoms with E-state index in [0.717, 1.165) is 24.2 Å². The number of piperidine rings is 1. The predicted molar refractivity (Wildman–Crippen MR) is 65.5 cm³/mol. The van der Waals surface area contributed by atoms with Crippen molar-refractivity contribution in [3.63, 3.8) is 0 Å². The molecule has 2 heterocycles. The van der Waals surface area contributed by atoms with Gasteiger partial charge in [-0.05, 0) is 25.7 Å². The van der Waals surface area contributed by atoms with Crippen LogP contribution in [-0.2, 0) is 0 Å². The van der Waals surface area contributed by atoms with Crippen molar-refractivity contribution in [1.29, 1.82) is 0 Å². The molecule has 3 N–H and O–H groups in total. The Balaban J connectivity index is 1.53. The number of fused-ring (bicyclic) bond motifs is 2. The molecule has 2 saturated heterocycles. The molecule has 3 aliphatic rings. The summed E-state index contributed by atoms with van der Waals surface area (Å²) < 4.78 is 0. The minimum Gasteiger partial charge on any atom is -0.341 e. The van der Waals surface area contributed by atoms with Gasteiger partial charge < -0.3 is 10.2 Å². The van der Waals surface area contributed by atoms with Crippen molar-refractivity contribution in [2.45, 2.75) is 82.0 Å². The molecule has 2 nitrogen and oxygen atoms in total. The zero-order valence-corrected chi connectivity index (χ0v) is 10.8. The van der Waals surface area contributed by atoms with E-state index in [1.165, 1.54) is 57.8 Å². The third-order valence-electron chi connectivity index (χ3n) is 5.52. The molecule has 2 aliphatic heterocycles. The molecule has 0 aromatic rings. The summed E-state index contributed by atoms with van der Waals surface area (Å²) in [7, 11) is 2.43. The van der Waals surface area contributed by atoms with Crippen LogP contribution in [-0.4, -0.2) is 31.2 Å². The molecule has 0 radical (unpaired) electrons. The van der Waals surface area contributed by atoms with Gasteiger partial charge in [-0.3, -0.25) is 0 Å². The highest BCUT2D eigenvalue weighted by Gasteiger charge is 2.44. The number of hydrogen-bond donors (Lipinski definition) is 2. The van der Waals surface area contributed by atoms with Gasteiger partial charge in [-0.1, -0.05) is 6.42 Å². The van der Waals surface area contributed by atoms with Crippen molar-refractivity contribution in [3.8, 4) is 0 Å². The average Bonchev–Trinajstić information content (AvgIpc) is 2.54. The summed E-state index contributed by atoms with van der Waals surface area (Å²) >= 11 is 0. The lowest BCUT2D eigenvalue weighted by Crippen LogP contribution is -3.17. The molecule has 92 valence electrons. The highest BCUT2D eigenvalue weighted by Crippen LogP contribution is 2.21. The highest BCUT2D eigenvalue weighted by atomic mass is 15.2. The topological polar surface area (TPSA) is 21.1 Å². The van der Waals surface area contributed by atoms with Crippen LogP contribution in [0, 0.1) is 0 Å². The maximum atomic E-state index is 2.77. The maximum absolute atomic E-state index is 2.77. The molecule has 4 atom stereocenters. The first-order valence-corrected chi connectivity index (χ1v) is 7.51. The second-order valence-electron chi connectivity index (χ2n) is 6.54. The van der Waals surface area contributed by atoms with Gasteiger partial charge in [0.2, 0.25) is 0 Å². The molecule has 2 unspecified atom stereocenters. The summed E-state index contributed by atoms with van der Waals surface area (Å²) in [5, 5.41) is 2.77. The molecule has 2 heteroatoms. The van der Waals surface area contributed by atoms with E-state index < -0.39 is 0 Å². The Labute approximate surface area is 99.8 Å². The first-order chi connectivity index (χ1) is 7.83. The van der Waals surface area contributed by atoms with E-state index in [1.807, 2.05) is 4.90 Å². The molecule has 0 aromatic carbocycles. The van der Waals surface area contributed by atoms with Gasteiger partial charge >= 0.3 is 0 Å². The van der Waals surface area contributed by atoms with E-state index in [9.17, 15) is 0 Å². The van der Waals surface area contributed by atoms with E-state index in [2.05, 4.69) is 12.4 Å². The third-order valence-corrected chi connectivity index (χ3v) is 5.52. The SMILES string of the molecule is C[NH+]1[C@@H]2CC[C@H]1CC([NH2+]C1CCCCC1)C2. The summed E-state index contributed by atoms with van der Waals surface area (Å²) in [5.74, 6) is 0. The van der Waals surface area contributed by atoms with Gasteiger partial charge in [0.05, 0.1) is 44.1 Å². The predicted octanol–water partition coefficient (Wildman–Crippen LogP) is 0.0906. The second kappa shape index (κ2) is 4.66. The smallest absolute Gasteiger partial charge is 0.0975 e. The van der Waals surface area contributed by atoms with Gasteiger partial charge in [0.1, 0.15) is 0 Å². The standard InChI is InChI=1S/C14H26N2/c1-16-13-7-8-14(16)10-12(9-13)15-11-5-3-2-4-6-11/h11-15H,2-10H2,1H3/p+2/t12?,13-,14+. The highest BCUT2D eigenvalue weighted by molar-refractivity contribution is 4.81. The summed E-state index contributed by atoms with van der Waals surface area (Å²) in [6, 6.07) is 3.97. The molecular formula is C14H28N2+2. The lowest BCUT2D eigenvalue weighted by atomic mass is 9.92. The molecule has 0 aromatic heterocycles. The maximum Gasteiger partial charge on any atom is 0.0975 e. The number of hydrogen-bond acceptors (Lipinski definition) is 0. The van der Waals surface area contributed by atoms with E-state index in [0.29, 0.717) is 0 Å². The van der Waals surface area contributed by atoms with Gasteiger partial charge in [-0.2, -0.15) is 0 Å². The van der Waals surface area contributed by atoms with Crippen LogP contribution in [0.1, 0.15) is 57.8 Å². The molecule has 3 fully saturated rings. The van der Waals surface area contributed by atoms with Crippen LogP contribution in [0.25, 0.3) is 0 Å². The van der Waals surface area contributed by atoms with Crippen LogP contribution >= 0.6 is 0 Å². The van der Waals surface area contributed by atoms with Crippen LogP contribution in [0.15, 0.2) is 0 Å². The zero-order chi connectivity index (χ0) is 11.0. The quantitative estimate of drug-likeness (QED) is 0.663. The number of nitrogens with two attached hydrogens (primary N) is 1. The zero-order valence-electron chi connectivity index (χ0n) is 10.8. The summed E-state index contributed by atoms with van der Waals surface area (Å²) in [4.78, 5) is 1.85. The molecule has 2 bridgehead atoms. The first-order valence-electron chi connectivity index (χ1n) is 7.51. The number of quaternary nitrogens is 2. The first kappa shape index (κ1) is 11.0. The van der Waals surface area contributed by atoms with Crippen LogP contribution in [0.5, 0.6) is 0 Å². The fourth-order valence-electron chi connectivity index (χ4n) is 4.49. The van der Waals surface area contributed by atoms with E-state index in [4.69, 9.17) is 0 Å². The number of rotatable bonds is 2. The van der Waals surface area contributed by atoms with Gasteiger partial charge in [0.25, 0.3) is 0 Å². The molecule has 1 aliphatic carbocycles. The van der Waals surface area contributed by atoms with Crippen LogP contribution in [0.4, 0.5) is 0 Å². The van der Waals surface area contributed by atoms with Crippen molar-refractivity contribution >= 4 is 0 Å². The average molecular weight is 224 g/mol. The third kappa shape index (κ3) is 2.14. The van der Waals surface area contributed by atoms with Crippen molar-refractivity contribution in [2.24, 2.45) is 0 Å². The van der Waals surface area contributed by atoms with Crippen LogP contribution in [0.3, 0.4) is 0 Å². The Hall–Kier alpha value is -0.0800. The summed E-state index contributed by atoms with van der Waals surface area (Å²) in [6.07, 6.45) is 13.5. The Bertz CT molecular complexity index is 221. The number of nitrogens with one attached hydrogen (secondary N) is 1. The van der Waals surface area contributed by atoms with Gasteiger partial charge in [0.15, 0.2) is 0 Å². The van der Waals surface area contributed by atoms with Crippen LogP contribution in [0.2, 0.25) is 0 Å². The summed E-state index contributed by atoms with van der Waals surface area (Å²) in [6.45, 7) is 0. The minimum atomic E-state index is 0.976. The van der Waals surface area contributed by atoms with E-state index >= 15 is 0 Å². The summed E-state index contributed by atoms with van der Waals surface area (Å²) in [5.41, 5.74) is 0. The monoisotopic (exact) mass is 224 g/mol. The Kier molecular flexibility index (Phi) is 3.21. The van der Waals surface area contributed by atoms with Crippen molar-refractivity contribution in [2.75, 3.05) is 7.05 Å². The van der Waals surface area contributed by atoms with Gasteiger partial charge in [0, 0.05) is 12.8 Å². The van der Waals surface area contributed by atoms with Gasteiger partial charge in [-0.15, -0.1) is 0 Å². The Morgan fingerprint density at radius 2 is 1.44 bits per heavy atom. The van der Waals surface area contributed by atoms with E-state index in [1.54, 1.807) is 0 Å². The molecule has 0 spiro atoms. The minimum absolute atomic E-state index is 0.976. The largest absolute Gasteiger partial charge is 0.341 e. The van der Waals surface area contributed by atoms with Crippen molar-refractivity contribution in [1.82, 2.24) is 0 Å². The normalized spacial score (nSPS) is 44.8. The van der Waals surface area contributed by atoms with Crippen molar-refractivity contribution < 1.29 is 10.2 Å². The Morgan fingerprint density at radius 1 is 0.812 bits per heavy atom. The second-order valence-corrected chi connectivity index (χ2v) is 6.54.